The normalized spacial score (nSPS) is 22.4. The molecule has 1 fully saturated rings. The number of amides is 1. The molecule has 0 spiro atoms. The van der Waals surface area contributed by atoms with Gasteiger partial charge in [-0.15, -0.1) is 0 Å². The van der Waals surface area contributed by atoms with Crippen LogP contribution in [0.4, 0.5) is 0 Å². The highest BCUT2D eigenvalue weighted by Gasteiger charge is 2.23. The quantitative estimate of drug-likeness (QED) is 0.837. The Kier molecular flexibility index (Phi) is 6.06. The topological polar surface area (TPSA) is 55.1 Å². The summed E-state index contributed by atoms with van der Waals surface area (Å²) in [6.45, 7) is 1.56. The lowest BCUT2D eigenvalue weighted by Gasteiger charge is -2.30. The second-order valence-corrected chi connectivity index (χ2v) is 5.83. The summed E-state index contributed by atoms with van der Waals surface area (Å²) in [7, 11) is 0. The summed E-state index contributed by atoms with van der Waals surface area (Å²) in [6.07, 6.45) is 6.39. The van der Waals surface area contributed by atoms with Gasteiger partial charge in [-0.25, -0.2) is 0 Å². The third-order valence-electron chi connectivity index (χ3n) is 4.41. The summed E-state index contributed by atoms with van der Waals surface area (Å²) >= 11 is 0. The number of aryl methyl sites for hydroxylation is 1. The number of nitrogens with one attached hydrogen (secondary N) is 1. The highest BCUT2D eigenvalue weighted by atomic mass is 16.1. The lowest BCUT2D eigenvalue weighted by molar-refractivity contribution is -0.121. The van der Waals surface area contributed by atoms with Gasteiger partial charge in [-0.2, -0.15) is 0 Å². The Hall–Kier alpha value is -1.35. The SMILES string of the molecule is NCC1CCCCC1CNC(=O)CCc1ccccc1. The van der Waals surface area contributed by atoms with Crippen molar-refractivity contribution in [3.05, 3.63) is 35.9 Å². The van der Waals surface area contributed by atoms with Crippen molar-refractivity contribution in [2.75, 3.05) is 13.1 Å². The third kappa shape index (κ3) is 4.64. The zero-order valence-electron chi connectivity index (χ0n) is 12.2. The number of benzene rings is 1. The minimum Gasteiger partial charge on any atom is -0.356 e. The molecule has 0 radical (unpaired) electrons. The van der Waals surface area contributed by atoms with E-state index in [-0.39, 0.29) is 5.91 Å². The molecule has 20 heavy (non-hydrogen) atoms. The molecule has 1 amide bonds. The van der Waals surface area contributed by atoms with Gasteiger partial charge in [-0.1, -0.05) is 43.2 Å². The average Bonchev–Trinajstić information content (AvgIpc) is 2.52. The molecule has 3 nitrogen and oxygen atoms in total. The van der Waals surface area contributed by atoms with Crippen molar-refractivity contribution < 1.29 is 4.79 Å². The largest absolute Gasteiger partial charge is 0.356 e. The molecular weight excluding hydrogens is 248 g/mol. The van der Waals surface area contributed by atoms with E-state index in [4.69, 9.17) is 5.73 Å². The Balaban J connectivity index is 1.69. The van der Waals surface area contributed by atoms with Crippen LogP contribution in [0.5, 0.6) is 0 Å². The fraction of sp³-hybridized carbons (Fsp3) is 0.588. The van der Waals surface area contributed by atoms with Crippen molar-refractivity contribution in [2.24, 2.45) is 17.6 Å². The molecule has 0 aromatic heterocycles. The van der Waals surface area contributed by atoms with Crippen LogP contribution < -0.4 is 11.1 Å². The van der Waals surface area contributed by atoms with Crippen molar-refractivity contribution in [2.45, 2.75) is 38.5 Å². The second-order valence-electron chi connectivity index (χ2n) is 5.83. The highest BCUT2D eigenvalue weighted by Crippen LogP contribution is 2.28. The first kappa shape index (κ1) is 15.0. The maximum atomic E-state index is 11.9. The minimum atomic E-state index is 0.162. The standard InChI is InChI=1S/C17H26N2O/c18-12-15-8-4-5-9-16(15)13-19-17(20)11-10-14-6-2-1-3-7-14/h1-3,6-7,15-16H,4-5,8-13,18H2,(H,19,20). The second kappa shape index (κ2) is 8.05. The minimum absolute atomic E-state index is 0.162. The van der Waals surface area contributed by atoms with Crippen LogP contribution in [0.2, 0.25) is 0 Å². The molecule has 1 saturated carbocycles. The zero-order chi connectivity index (χ0) is 14.2. The van der Waals surface area contributed by atoms with Crippen LogP contribution in [0.15, 0.2) is 30.3 Å². The molecule has 2 atom stereocenters. The van der Waals surface area contributed by atoms with E-state index in [0.717, 1.165) is 19.5 Å². The van der Waals surface area contributed by atoms with E-state index in [1.165, 1.54) is 31.2 Å². The van der Waals surface area contributed by atoms with Gasteiger partial charge in [0.2, 0.25) is 5.91 Å². The van der Waals surface area contributed by atoms with Gasteiger partial charge < -0.3 is 11.1 Å². The summed E-state index contributed by atoms with van der Waals surface area (Å²) in [5.74, 6) is 1.34. The predicted molar refractivity (Wildman–Crippen MR) is 82.3 cm³/mol. The van der Waals surface area contributed by atoms with Crippen molar-refractivity contribution in [1.82, 2.24) is 5.32 Å². The summed E-state index contributed by atoms with van der Waals surface area (Å²) in [4.78, 5) is 11.9. The van der Waals surface area contributed by atoms with Crippen LogP contribution in [0, 0.1) is 11.8 Å². The van der Waals surface area contributed by atoms with Crippen LogP contribution in [0.1, 0.15) is 37.7 Å². The van der Waals surface area contributed by atoms with Gasteiger partial charge in [0, 0.05) is 13.0 Å². The van der Waals surface area contributed by atoms with Gasteiger partial charge in [0.05, 0.1) is 0 Å². The molecule has 0 saturated heterocycles. The van der Waals surface area contributed by atoms with Crippen LogP contribution in [0.3, 0.4) is 0 Å². The first-order chi connectivity index (χ1) is 9.79. The summed E-state index contributed by atoms with van der Waals surface area (Å²) in [5.41, 5.74) is 7.04. The Morgan fingerprint density at radius 1 is 1.15 bits per heavy atom. The molecule has 1 aliphatic carbocycles. The van der Waals surface area contributed by atoms with Crippen LogP contribution >= 0.6 is 0 Å². The van der Waals surface area contributed by atoms with E-state index in [9.17, 15) is 4.79 Å². The molecule has 1 aliphatic rings. The smallest absolute Gasteiger partial charge is 0.220 e. The first-order valence-corrected chi connectivity index (χ1v) is 7.80. The zero-order valence-corrected chi connectivity index (χ0v) is 12.2. The Morgan fingerprint density at radius 2 is 1.85 bits per heavy atom. The summed E-state index contributed by atoms with van der Waals surface area (Å²) < 4.78 is 0. The maximum absolute atomic E-state index is 11.9. The molecule has 0 aliphatic heterocycles. The van der Waals surface area contributed by atoms with E-state index in [0.29, 0.717) is 18.3 Å². The van der Waals surface area contributed by atoms with Gasteiger partial charge in [0.15, 0.2) is 0 Å². The fourth-order valence-electron chi connectivity index (χ4n) is 3.10. The summed E-state index contributed by atoms with van der Waals surface area (Å²) in [5, 5.41) is 3.09. The van der Waals surface area contributed by atoms with E-state index in [1.807, 2.05) is 18.2 Å². The molecular formula is C17H26N2O. The van der Waals surface area contributed by atoms with Crippen molar-refractivity contribution in [3.8, 4) is 0 Å². The highest BCUT2D eigenvalue weighted by molar-refractivity contribution is 5.76. The molecule has 1 aromatic carbocycles. The van der Waals surface area contributed by atoms with E-state index >= 15 is 0 Å². The van der Waals surface area contributed by atoms with Crippen molar-refractivity contribution in [1.29, 1.82) is 0 Å². The van der Waals surface area contributed by atoms with E-state index in [1.54, 1.807) is 0 Å². The van der Waals surface area contributed by atoms with Crippen LogP contribution in [-0.4, -0.2) is 19.0 Å². The van der Waals surface area contributed by atoms with Crippen LogP contribution in [-0.2, 0) is 11.2 Å². The van der Waals surface area contributed by atoms with E-state index < -0.39 is 0 Å². The van der Waals surface area contributed by atoms with Crippen LogP contribution in [0.25, 0.3) is 0 Å². The molecule has 110 valence electrons. The third-order valence-corrected chi connectivity index (χ3v) is 4.41. The molecule has 0 bridgehead atoms. The Morgan fingerprint density at radius 3 is 2.55 bits per heavy atom. The molecule has 2 unspecified atom stereocenters. The van der Waals surface area contributed by atoms with Gasteiger partial charge >= 0.3 is 0 Å². The number of nitrogens with two attached hydrogens (primary N) is 1. The number of carbonyl (C=O) groups excluding carboxylic acids is 1. The predicted octanol–water partition coefficient (Wildman–Crippen LogP) is 2.50. The maximum Gasteiger partial charge on any atom is 0.220 e. The lowest BCUT2D eigenvalue weighted by Crippen LogP contribution is -2.37. The van der Waals surface area contributed by atoms with Gasteiger partial charge in [0.1, 0.15) is 0 Å². The Bertz CT molecular complexity index is 405. The molecule has 2 rings (SSSR count). The van der Waals surface area contributed by atoms with Crippen molar-refractivity contribution >= 4 is 5.91 Å². The number of rotatable bonds is 6. The fourth-order valence-corrected chi connectivity index (χ4v) is 3.10. The average molecular weight is 274 g/mol. The Labute approximate surface area is 121 Å². The lowest BCUT2D eigenvalue weighted by atomic mass is 9.79. The molecule has 3 heteroatoms. The molecule has 1 aromatic rings. The van der Waals surface area contributed by atoms with Crippen molar-refractivity contribution in [3.63, 3.8) is 0 Å². The monoisotopic (exact) mass is 274 g/mol. The number of carbonyl (C=O) groups is 1. The number of hydrogen-bond acceptors (Lipinski definition) is 2. The van der Waals surface area contributed by atoms with Gasteiger partial charge in [-0.3, -0.25) is 4.79 Å². The molecule has 3 N–H and O–H groups in total. The molecule has 0 heterocycles. The van der Waals surface area contributed by atoms with Gasteiger partial charge in [-0.05, 0) is 43.2 Å². The number of hydrogen-bond donors (Lipinski definition) is 2. The van der Waals surface area contributed by atoms with E-state index in [2.05, 4.69) is 17.4 Å². The van der Waals surface area contributed by atoms with Gasteiger partial charge in [0.25, 0.3) is 0 Å². The first-order valence-electron chi connectivity index (χ1n) is 7.80. The summed E-state index contributed by atoms with van der Waals surface area (Å²) in [6, 6.07) is 10.2.